The Bertz CT molecular complexity index is 451. The molecule has 0 radical (unpaired) electrons. The first-order valence-electron chi connectivity index (χ1n) is 6.59. The van der Waals surface area contributed by atoms with E-state index < -0.39 is 0 Å². The molecule has 2 rings (SSSR count). The van der Waals surface area contributed by atoms with Gasteiger partial charge < -0.3 is 10.6 Å². The van der Waals surface area contributed by atoms with E-state index >= 15 is 0 Å². The highest BCUT2D eigenvalue weighted by atomic mass is 79.9. The largest absolute Gasteiger partial charge is 0.356 e. The molecule has 112 valence electrons. The number of rotatable bonds is 4. The lowest BCUT2D eigenvalue weighted by atomic mass is 9.97. The van der Waals surface area contributed by atoms with Crippen LogP contribution in [0.1, 0.15) is 18.4 Å². The average Bonchev–Trinajstić information content (AvgIpc) is 2.43. The predicted octanol–water partition coefficient (Wildman–Crippen LogP) is 3.18. The standard InChI is InChI=1S/C14H18BrClN2O.ClH/c15-13-2-1-12(16)9-11(13)5-8-18-14(19)10-3-6-17-7-4-10;/h1-2,9-10,17H,3-8H2,(H,18,19);1H. The molecule has 0 unspecified atom stereocenters. The fourth-order valence-electron chi connectivity index (χ4n) is 2.28. The Morgan fingerprint density at radius 2 is 2.10 bits per heavy atom. The maximum atomic E-state index is 12.0. The zero-order valence-electron chi connectivity index (χ0n) is 11.1. The van der Waals surface area contributed by atoms with Crippen molar-refractivity contribution in [1.29, 1.82) is 0 Å². The number of hydrogen-bond donors (Lipinski definition) is 2. The van der Waals surface area contributed by atoms with Crippen LogP contribution in [0.15, 0.2) is 22.7 Å². The first kappa shape index (κ1) is 17.8. The van der Waals surface area contributed by atoms with Crippen LogP contribution in [0.4, 0.5) is 0 Å². The summed E-state index contributed by atoms with van der Waals surface area (Å²) in [5.41, 5.74) is 1.12. The number of carbonyl (C=O) groups excluding carboxylic acids is 1. The van der Waals surface area contributed by atoms with Gasteiger partial charge in [-0.3, -0.25) is 4.79 Å². The number of nitrogens with one attached hydrogen (secondary N) is 2. The first-order chi connectivity index (χ1) is 9.16. The summed E-state index contributed by atoms with van der Waals surface area (Å²) in [6.45, 7) is 2.54. The van der Waals surface area contributed by atoms with Crippen molar-refractivity contribution in [3.05, 3.63) is 33.3 Å². The van der Waals surface area contributed by atoms with Gasteiger partial charge in [-0.15, -0.1) is 12.4 Å². The molecule has 1 heterocycles. The van der Waals surface area contributed by atoms with Crippen LogP contribution in [0.3, 0.4) is 0 Å². The summed E-state index contributed by atoms with van der Waals surface area (Å²) in [6, 6.07) is 5.72. The lowest BCUT2D eigenvalue weighted by molar-refractivity contribution is -0.125. The van der Waals surface area contributed by atoms with E-state index in [4.69, 9.17) is 11.6 Å². The molecule has 3 nitrogen and oxygen atoms in total. The number of carbonyl (C=O) groups is 1. The molecule has 0 spiro atoms. The van der Waals surface area contributed by atoms with E-state index in [-0.39, 0.29) is 24.2 Å². The number of piperidine rings is 1. The smallest absolute Gasteiger partial charge is 0.223 e. The van der Waals surface area contributed by atoms with Gasteiger partial charge in [0.2, 0.25) is 5.91 Å². The maximum Gasteiger partial charge on any atom is 0.223 e. The van der Waals surface area contributed by atoms with Gasteiger partial charge in [0, 0.05) is 22.0 Å². The lowest BCUT2D eigenvalue weighted by Crippen LogP contribution is -2.38. The van der Waals surface area contributed by atoms with Crippen LogP contribution in [0.25, 0.3) is 0 Å². The Balaban J connectivity index is 0.00000200. The second-order valence-corrected chi connectivity index (χ2v) is 6.09. The summed E-state index contributed by atoms with van der Waals surface area (Å²) in [7, 11) is 0. The first-order valence-corrected chi connectivity index (χ1v) is 7.76. The van der Waals surface area contributed by atoms with E-state index in [0.29, 0.717) is 6.54 Å². The molecule has 1 aromatic rings. The minimum atomic E-state index is 0. The molecular weight excluding hydrogens is 363 g/mol. The summed E-state index contributed by atoms with van der Waals surface area (Å²) in [6.07, 6.45) is 2.66. The van der Waals surface area contributed by atoms with Gasteiger partial charge in [0.25, 0.3) is 0 Å². The van der Waals surface area contributed by atoms with Gasteiger partial charge >= 0.3 is 0 Å². The van der Waals surface area contributed by atoms with Crippen molar-refractivity contribution in [3.63, 3.8) is 0 Å². The lowest BCUT2D eigenvalue weighted by Gasteiger charge is -2.21. The Morgan fingerprint density at radius 3 is 2.80 bits per heavy atom. The molecule has 0 atom stereocenters. The van der Waals surface area contributed by atoms with Crippen LogP contribution in [0, 0.1) is 5.92 Å². The van der Waals surface area contributed by atoms with Crippen molar-refractivity contribution < 1.29 is 4.79 Å². The third kappa shape index (κ3) is 5.24. The van der Waals surface area contributed by atoms with Crippen LogP contribution in [-0.4, -0.2) is 25.5 Å². The summed E-state index contributed by atoms with van der Waals surface area (Å²) in [4.78, 5) is 12.0. The molecule has 1 fully saturated rings. The van der Waals surface area contributed by atoms with E-state index in [2.05, 4.69) is 26.6 Å². The van der Waals surface area contributed by atoms with Crippen LogP contribution in [-0.2, 0) is 11.2 Å². The predicted molar refractivity (Wildman–Crippen MR) is 88.7 cm³/mol. The van der Waals surface area contributed by atoms with Gasteiger partial charge in [0.1, 0.15) is 0 Å². The van der Waals surface area contributed by atoms with Crippen molar-refractivity contribution in [1.82, 2.24) is 10.6 Å². The molecule has 20 heavy (non-hydrogen) atoms. The topological polar surface area (TPSA) is 41.1 Å². The fourth-order valence-corrected chi connectivity index (χ4v) is 2.92. The van der Waals surface area contributed by atoms with Gasteiger partial charge in [-0.1, -0.05) is 27.5 Å². The Morgan fingerprint density at radius 1 is 1.40 bits per heavy atom. The number of amides is 1. The van der Waals surface area contributed by atoms with Crippen LogP contribution < -0.4 is 10.6 Å². The number of halogens is 3. The number of hydrogen-bond acceptors (Lipinski definition) is 2. The second kappa shape index (κ2) is 8.88. The zero-order valence-corrected chi connectivity index (χ0v) is 14.3. The molecule has 1 amide bonds. The number of benzene rings is 1. The molecule has 1 aliphatic heterocycles. The van der Waals surface area contributed by atoms with Crippen LogP contribution in [0.2, 0.25) is 5.02 Å². The maximum absolute atomic E-state index is 12.0. The van der Waals surface area contributed by atoms with Gasteiger partial charge in [0.05, 0.1) is 0 Å². The summed E-state index contributed by atoms with van der Waals surface area (Å²) in [5, 5.41) is 7.01. The molecule has 0 bridgehead atoms. The van der Waals surface area contributed by atoms with Crippen LogP contribution >= 0.6 is 39.9 Å². The molecule has 6 heteroatoms. The van der Waals surface area contributed by atoms with E-state index in [1.165, 1.54) is 0 Å². The molecule has 2 N–H and O–H groups in total. The highest BCUT2D eigenvalue weighted by molar-refractivity contribution is 9.10. The van der Waals surface area contributed by atoms with Crippen LogP contribution in [0.5, 0.6) is 0 Å². The van der Waals surface area contributed by atoms with E-state index in [1.54, 1.807) is 0 Å². The third-order valence-electron chi connectivity index (χ3n) is 3.41. The Hall–Kier alpha value is -0.290. The van der Waals surface area contributed by atoms with Gasteiger partial charge in [-0.25, -0.2) is 0 Å². The zero-order chi connectivity index (χ0) is 13.7. The van der Waals surface area contributed by atoms with E-state index in [0.717, 1.165) is 47.4 Å². The Kier molecular flexibility index (Phi) is 7.88. The summed E-state index contributed by atoms with van der Waals surface area (Å²) >= 11 is 9.46. The van der Waals surface area contributed by atoms with Crippen molar-refractivity contribution in [2.45, 2.75) is 19.3 Å². The molecule has 0 saturated carbocycles. The van der Waals surface area contributed by atoms with Crippen molar-refractivity contribution in [3.8, 4) is 0 Å². The molecule has 1 aromatic carbocycles. The second-order valence-electron chi connectivity index (χ2n) is 4.80. The molecular formula is C14H19BrCl2N2O. The molecule has 0 aliphatic carbocycles. The quantitative estimate of drug-likeness (QED) is 0.840. The van der Waals surface area contributed by atoms with Gasteiger partial charge in [0.15, 0.2) is 0 Å². The summed E-state index contributed by atoms with van der Waals surface area (Å²) in [5.74, 6) is 0.351. The van der Waals surface area contributed by atoms with Gasteiger partial charge in [-0.2, -0.15) is 0 Å². The SMILES string of the molecule is Cl.O=C(NCCc1cc(Cl)ccc1Br)C1CCNCC1. The normalized spacial score (nSPS) is 15.5. The molecule has 0 aromatic heterocycles. The van der Waals surface area contributed by atoms with Crippen molar-refractivity contribution in [2.75, 3.05) is 19.6 Å². The highest BCUT2D eigenvalue weighted by Crippen LogP contribution is 2.21. The molecule has 1 aliphatic rings. The summed E-state index contributed by atoms with van der Waals surface area (Å²) < 4.78 is 1.04. The van der Waals surface area contributed by atoms with E-state index in [9.17, 15) is 4.79 Å². The minimum Gasteiger partial charge on any atom is -0.356 e. The Labute approximate surface area is 139 Å². The van der Waals surface area contributed by atoms with Gasteiger partial charge in [-0.05, 0) is 56.1 Å². The molecule has 1 saturated heterocycles. The fraction of sp³-hybridized carbons (Fsp3) is 0.500. The minimum absolute atomic E-state index is 0. The third-order valence-corrected chi connectivity index (χ3v) is 4.42. The average molecular weight is 382 g/mol. The van der Waals surface area contributed by atoms with Crippen molar-refractivity contribution >= 4 is 45.8 Å². The monoisotopic (exact) mass is 380 g/mol. The van der Waals surface area contributed by atoms with Crippen molar-refractivity contribution in [2.24, 2.45) is 5.92 Å². The van der Waals surface area contributed by atoms with E-state index in [1.807, 2.05) is 18.2 Å². The highest BCUT2D eigenvalue weighted by Gasteiger charge is 2.20.